The maximum absolute atomic E-state index is 13.5. The molecule has 1 heterocycles. The molecule has 0 amide bonds. The first-order valence-electron chi connectivity index (χ1n) is 3.42. The number of hydrogen-bond acceptors (Lipinski definition) is 4. The van der Waals surface area contributed by atoms with Gasteiger partial charge in [-0.05, 0) is 0 Å². The molecule has 0 saturated carbocycles. The third kappa shape index (κ3) is 2.81. The van der Waals surface area contributed by atoms with Crippen molar-refractivity contribution in [1.82, 2.24) is 14.4 Å². The van der Waals surface area contributed by atoms with E-state index >= 15 is 0 Å². The molecule has 0 saturated heterocycles. The topological polar surface area (TPSA) is 39.7 Å². The van der Waals surface area contributed by atoms with Gasteiger partial charge in [0.25, 0.3) is 0 Å². The Bertz CT molecular complexity index is 289. The van der Waals surface area contributed by atoms with Crippen molar-refractivity contribution >= 4 is 24.0 Å². The van der Waals surface area contributed by atoms with Gasteiger partial charge < -0.3 is 0 Å². The van der Waals surface area contributed by atoms with Gasteiger partial charge in [-0.1, -0.05) is 0 Å². The van der Waals surface area contributed by atoms with Crippen molar-refractivity contribution < 1.29 is 21.0 Å². The van der Waals surface area contributed by atoms with E-state index in [2.05, 4.69) is 4.52 Å². The van der Waals surface area contributed by atoms with Crippen LogP contribution in [0, 0.1) is 0 Å². The van der Waals surface area contributed by atoms with Crippen LogP contribution in [0.2, 0.25) is 0 Å². The molecule has 0 spiro atoms. The average Bonchev–Trinajstić information content (AvgIpc) is 1.76. The van der Waals surface area contributed by atoms with E-state index in [0.29, 0.717) is 4.67 Å². The first-order chi connectivity index (χ1) is 6.06. The molecule has 4 nitrogen and oxygen atoms in total. The second kappa shape index (κ2) is 3.58. The Kier molecular flexibility index (Phi) is 3.24. The van der Waals surface area contributed by atoms with Crippen molar-refractivity contribution in [3.05, 3.63) is 0 Å². The Morgan fingerprint density at radius 2 is 1.71 bits per heavy atom. The summed E-state index contributed by atoms with van der Waals surface area (Å²) >= 11 is 0. The Labute approximate surface area is 78.9 Å². The predicted molar refractivity (Wildman–Crippen MR) is 51.5 cm³/mol. The molecule has 0 atom stereocenters. The summed E-state index contributed by atoms with van der Waals surface area (Å²) in [6.07, 6.45) is 0. The fourth-order valence-corrected chi connectivity index (χ4v) is 8.73. The van der Waals surface area contributed by atoms with Gasteiger partial charge in [0, 0.05) is 0 Å². The normalized spacial score (nSPS) is 33.1. The molecule has 0 aromatic carbocycles. The van der Waals surface area contributed by atoms with Crippen molar-refractivity contribution in [2.75, 3.05) is 14.1 Å². The molecule has 88 valence electrons. The summed E-state index contributed by atoms with van der Waals surface area (Å²) in [5, 5.41) is 0. The summed E-state index contributed by atoms with van der Waals surface area (Å²) in [5.41, 5.74) is 0. The molecular formula is C2H10F5N4P3. The Hall–Kier alpha value is 0.620. The molecule has 14 heavy (non-hydrogen) atoms. The van der Waals surface area contributed by atoms with Gasteiger partial charge in [-0.15, -0.1) is 0 Å². The summed E-state index contributed by atoms with van der Waals surface area (Å²) in [6.45, 7) is 0. The third-order valence-electron chi connectivity index (χ3n) is 1.44. The number of hydrogen-bond donors (Lipinski definition) is 2. The zero-order valence-corrected chi connectivity index (χ0v) is 10.1. The van der Waals surface area contributed by atoms with E-state index in [0.717, 1.165) is 19.0 Å². The minimum atomic E-state index is -5.57. The van der Waals surface area contributed by atoms with E-state index in [-0.39, 0.29) is 0 Å². The van der Waals surface area contributed by atoms with Crippen molar-refractivity contribution in [1.29, 1.82) is 0 Å². The zero-order chi connectivity index (χ0) is 11.2. The monoisotopic (exact) mass is 278 g/mol. The van der Waals surface area contributed by atoms with Gasteiger partial charge >= 0.3 is 78.0 Å². The summed E-state index contributed by atoms with van der Waals surface area (Å²) in [7, 11) is -13.5. The Balaban J connectivity index is 3.12. The standard InChI is InChI=1S/C2H10F5N4P3/c1-11(2)14(7)9-12(3,4)8-13(5,6)10-14/h8-9,12,14H,1-2H3. The van der Waals surface area contributed by atoms with E-state index in [4.69, 9.17) is 0 Å². The molecule has 1 aliphatic heterocycles. The van der Waals surface area contributed by atoms with Crippen molar-refractivity contribution in [2.45, 2.75) is 0 Å². The van der Waals surface area contributed by atoms with Crippen molar-refractivity contribution in [3.8, 4) is 0 Å². The molecule has 0 aromatic heterocycles. The molecule has 0 fully saturated rings. The molecule has 0 radical (unpaired) electrons. The van der Waals surface area contributed by atoms with Crippen LogP contribution in [0.3, 0.4) is 0 Å². The predicted octanol–water partition coefficient (Wildman–Crippen LogP) is 3.35. The van der Waals surface area contributed by atoms with Crippen LogP contribution in [0.25, 0.3) is 0 Å². The molecule has 0 bridgehead atoms. The second-order valence-electron chi connectivity index (χ2n) is 2.88. The van der Waals surface area contributed by atoms with Crippen molar-refractivity contribution in [3.63, 3.8) is 0 Å². The SMILES string of the molecule is CN(C)[PH]1(F)N=P(F)(F)N[PH](F)(F)N1. The van der Waals surface area contributed by atoms with Gasteiger partial charge in [-0.25, -0.2) is 0 Å². The fraction of sp³-hybridized carbons (Fsp3) is 1.00. The quantitative estimate of drug-likeness (QED) is 0.570. The van der Waals surface area contributed by atoms with E-state index in [1.54, 1.807) is 0 Å². The van der Waals surface area contributed by atoms with Crippen LogP contribution in [0.15, 0.2) is 4.52 Å². The zero-order valence-electron chi connectivity index (χ0n) is 7.23. The Morgan fingerprint density at radius 1 is 1.21 bits per heavy atom. The van der Waals surface area contributed by atoms with E-state index in [1.807, 2.05) is 0 Å². The van der Waals surface area contributed by atoms with Gasteiger partial charge in [-0.3, -0.25) is 0 Å². The third-order valence-corrected chi connectivity index (χ3v) is 9.42. The van der Waals surface area contributed by atoms with Gasteiger partial charge in [0.15, 0.2) is 0 Å². The summed E-state index contributed by atoms with van der Waals surface area (Å²) < 4.78 is 67.6. The summed E-state index contributed by atoms with van der Waals surface area (Å²) in [4.78, 5) is 2.11. The van der Waals surface area contributed by atoms with Gasteiger partial charge in [0.05, 0.1) is 0 Å². The number of nitrogens with one attached hydrogen (secondary N) is 2. The van der Waals surface area contributed by atoms with Crippen LogP contribution in [0.1, 0.15) is 0 Å². The van der Waals surface area contributed by atoms with Crippen LogP contribution in [0.5, 0.6) is 0 Å². The summed E-state index contributed by atoms with van der Waals surface area (Å²) in [6, 6.07) is 0. The molecule has 0 unspecified atom stereocenters. The minimum absolute atomic E-state index is 0.669. The first-order valence-corrected chi connectivity index (χ1v) is 8.47. The molecule has 0 aliphatic carbocycles. The number of rotatable bonds is 1. The van der Waals surface area contributed by atoms with Crippen LogP contribution >= 0.6 is 24.0 Å². The molecule has 0 aromatic rings. The van der Waals surface area contributed by atoms with Crippen LogP contribution in [-0.4, -0.2) is 18.8 Å². The molecular weight excluding hydrogens is 268 g/mol. The summed E-state index contributed by atoms with van der Waals surface area (Å²) in [5.74, 6) is 0. The van der Waals surface area contributed by atoms with Gasteiger partial charge in [-0.2, -0.15) is 0 Å². The van der Waals surface area contributed by atoms with Crippen LogP contribution in [0.4, 0.5) is 21.0 Å². The fourth-order valence-electron chi connectivity index (χ4n) is 0.814. The van der Waals surface area contributed by atoms with Gasteiger partial charge in [0.1, 0.15) is 0 Å². The van der Waals surface area contributed by atoms with Crippen LogP contribution < -0.4 is 9.72 Å². The molecule has 2 N–H and O–H groups in total. The average molecular weight is 278 g/mol. The van der Waals surface area contributed by atoms with E-state index < -0.39 is 24.0 Å². The van der Waals surface area contributed by atoms with E-state index in [1.165, 1.54) is 4.86 Å². The number of nitrogens with zero attached hydrogens (tertiary/aromatic N) is 2. The van der Waals surface area contributed by atoms with Crippen molar-refractivity contribution in [2.24, 2.45) is 4.52 Å². The first kappa shape index (κ1) is 12.7. The van der Waals surface area contributed by atoms with Crippen LogP contribution in [-0.2, 0) is 0 Å². The Morgan fingerprint density at radius 3 is 2.07 bits per heavy atom. The molecule has 1 rings (SSSR count). The maximum atomic E-state index is 13.5. The second-order valence-corrected chi connectivity index (χ2v) is 9.76. The van der Waals surface area contributed by atoms with Gasteiger partial charge in [0.2, 0.25) is 0 Å². The molecule has 12 heteroatoms. The molecule has 1 aliphatic rings. The number of halogens is 5. The van der Waals surface area contributed by atoms with E-state index in [9.17, 15) is 21.0 Å².